The SMILES string of the molecule is CCOC(=O)c1cc([N+](=O)[O-])cnc1/C=C/c1ccccc1OCC. The zero-order valence-corrected chi connectivity index (χ0v) is 14.0. The van der Waals surface area contributed by atoms with Crippen LogP contribution in [0.1, 0.15) is 35.5 Å². The number of aromatic nitrogens is 1. The van der Waals surface area contributed by atoms with Crippen molar-refractivity contribution in [1.29, 1.82) is 0 Å². The van der Waals surface area contributed by atoms with Crippen LogP contribution >= 0.6 is 0 Å². The summed E-state index contributed by atoms with van der Waals surface area (Å²) in [5.74, 6) is 0.0392. The third-order valence-corrected chi connectivity index (χ3v) is 3.25. The largest absolute Gasteiger partial charge is 0.493 e. The minimum absolute atomic E-state index is 0.0428. The molecule has 0 N–H and O–H groups in total. The zero-order valence-electron chi connectivity index (χ0n) is 14.0. The second-order valence-corrected chi connectivity index (χ2v) is 4.91. The van der Waals surface area contributed by atoms with Crippen LogP contribution in [0.25, 0.3) is 12.2 Å². The van der Waals surface area contributed by atoms with Crippen LogP contribution in [-0.2, 0) is 4.74 Å². The molecule has 0 aliphatic carbocycles. The van der Waals surface area contributed by atoms with E-state index in [0.29, 0.717) is 12.4 Å². The molecule has 1 aromatic heterocycles. The van der Waals surface area contributed by atoms with E-state index in [4.69, 9.17) is 9.47 Å². The summed E-state index contributed by atoms with van der Waals surface area (Å²) in [4.78, 5) is 26.4. The second-order valence-electron chi connectivity index (χ2n) is 4.91. The summed E-state index contributed by atoms with van der Waals surface area (Å²) in [6, 6.07) is 8.57. The predicted octanol–water partition coefficient (Wildman–Crippen LogP) is 3.74. The minimum Gasteiger partial charge on any atom is -0.493 e. The Morgan fingerprint density at radius 1 is 1.24 bits per heavy atom. The second kappa shape index (κ2) is 8.58. The fraction of sp³-hybridized carbons (Fsp3) is 0.222. The lowest BCUT2D eigenvalue weighted by molar-refractivity contribution is -0.385. The van der Waals surface area contributed by atoms with Crippen LogP contribution < -0.4 is 4.74 Å². The quantitative estimate of drug-likeness (QED) is 0.432. The lowest BCUT2D eigenvalue weighted by Crippen LogP contribution is -2.08. The number of para-hydroxylation sites is 1. The molecule has 1 aromatic carbocycles. The molecule has 1 heterocycles. The smallest absolute Gasteiger partial charge is 0.340 e. The summed E-state index contributed by atoms with van der Waals surface area (Å²) in [7, 11) is 0. The van der Waals surface area contributed by atoms with Gasteiger partial charge in [-0.3, -0.25) is 10.1 Å². The van der Waals surface area contributed by atoms with Crippen molar-refractivity contribution in [3.63, 3.8) is 0 Å². The molecule has 0 saturated heterocycles. The van der Waals surface area contributed by atoms with Gasteiger partial charge in [-0.25, -0.2) is 9.78 Å². The predicted molar refractivity (Wildman–Crippen MR) is 93.4 cm³/mol. The Bertz CT molecular complexity index is 802. The Morgan fingerprint density at radius 3 is 2.68 bits per heavy atom. The summed E-state index contributed by atoms with van der Waals surface area (Å²) >= 11 is 0. The number of nitrogens with zero attached hydrogens (tertiary/aromatic N) is 2. The molecule has 2 rings (SSSR count). The molecule has 7 nitrogen and oxygen atoms in total. The van der Waals surface area contributed by atoms with E-state index in [1.165, 1.54) is 6.07 Å². The Kier molecular flexibility index (Phi) is 6.22. The lowest BCUT2D eigenvalue weighted by Gasteiger charge is -2.07. The fourth-order valence-corrected chi connectivity index (χ4v) is 2.14. The Balaban J connectivity index is 2.41. The van der Waals surface area contributed by atoms with Gasteiger partial charge in [-0.2, -0.15) is 0 Å². The highest BCUT2D eigenvalue weighted by molar-refractivity contribution is 5.94. The van der Waals surface area contributed by atoms with Crippen molar-refractivity contribution in [1.82, 2.24) is 4.98 Å². The zero-order chi connectivity index (χ0) is 18.2. The van der Waals surface area contributed by atoms with Crippen molar-refractivity contribution in [2.24, 2.45) is 0 Å². The molecule has 7 heteroatoms. The van der Waals surface area contributed by atoms with Gasteiger partial charge in [0, 0.05) is 11.6 Å². The molecule has 0 aliphatic rings. The number of hydrogen-bond acceptors (Lipinski definition) is 6. The van der Waals surface area contributed by atoms with Crippen LogP contribution in [0.4, 0.5) is 5.69 Å². The summed E-state index contributed by atoms with van der Waals surface area (Å²) in [6.07, 6.45) is 4.45. The van der Waals surface area contributed by atoms with E-state index < -0.39 is 10.9 Å². The van der Waals surface area contributed by atoms with Crippen LogP contribution in [0.2, 0.25) is 0 Å². The number of nitro groups is 1. The van der Waals surface area contributed by atoms with Gasteiger partial charge in [0.05, 0.1) is 29.4 Å². The Labute approximate surface area is 145 Å². The van der Waals surface area contributed by atoms with Crippen LogP contribution in [0.5, 0.6) is 5.75 Å². The lowest BCUT2D eigenvalue weighted by atomic mass is 10.1. The molecule has 0 amide bonds. The maximum atomic E-state index is 12.1. The van der Waals surface area contributed by atoms with Crippen molar-refractivity contribution < 1.29 is 19.2 Å². The summed E-state index contributed by atoms with van der Waals surface area (Å²) in [5, 5.41) is 10.9. The third kappa shape index (κ3) is 4.63. The van der Waals surface area contributed by atoms with E-state index >= 15 is 0 Å². The highest BCUT2D eigenvalue weighted by Crippen LogP contribution is 2.22. The first-order chi connectivity index (χ1) is 12.1. The first kappa shape index (κ1) is 18.1. The summed E-state index contributed by atoms with van der Waals surface area (Å²) in [5.41, 5.74) is 0.866. The standard InChI is InChI=1S/C18H18N2O5/c1-3-24-17-8-6-5-7-13(17)9-10-16-15(18(21)25-4-2)11-14(12-19-16)20(22)23/h5-12H,3-4H2,1-2H3/b10-9+. The maximum absolute atomic E-state index is 12.1. The van der Waals surface area contributed by atoms with Gasteiger partial charge in [0.25, 0.3) is 5.69 Å². The average Bonchev–Trinajstić information content (AvgIpc) is 2.61. The van der Waals surface area contributed by atoms with Crippen molar-refractivity contribution in [2.45, 2.75) is 13.8 Å². The van der Waals surface area contributed by atoms with Crippen molar-refractivity contribution in [3.05, 3.63) is 63.5 Å². The van der Waals surface area contributed by atoms with Crippen molar-refractivity contribution >= 4 is 23.8 Å². The van der Waals surface area contributed by atoms with Gasteiger partial charge in [-0.15, -0.1) is 0 Å². The Morgan fingerprint density at radius 2 is 2.00 bits per heavy atom. The van der Waals surface area contributed by atoms with Crippen LogP contribution in [0.15, 0.2) is 36.5 Å². The van der Waals surface area contributed by atoms with Gasteiger partial charge < -0.3 is 9.47 Å². The van der Waals surface area contributed by atoms with E-state index in [1.54, 1.807) is 19.1 Å². The molecular weight excluding hydrogens is 324 g/mol. The molecular formula is C18H18N2O5. The molecule has 0 atom stereocenters. The van der Waals surface area contributed by atoms with Gasteiger partial charge >= 0.3 is 5.97 Å². The average molecular weight is 342 g/mol. The van der Waals surface area contributed by atoms with Crippen molar-refractivity contribution in [3.8, 4) is 5.75 Å². The van der Waals surface area contributed by atoms with Gasteiger partial charge in [0.1, 0.15) is 11.9 Å². The summed E-state index contributed by atoms with van der Waals surface area (Å²) < 4.78 is 10.5. The number of benzene rings is 1. The van der Waals surface area contributed by atoms with E-state index in [2.05, 4.69) is 4.98 Å². The van der Waals surface area contributed by atoms with Crippen molar-refractivity contribution in [2.75, 3.05) is 13.2 Å². The fourth-order valence-electron chi connectivity index (χ4n) is 2.14. The molecule has 0 fully saturated rings. The van der Waals surface area contributed by atoms with Crippen LogP contribution in [0, 0.1) is 10.1 Å². The first-order valence-electron chi connectivity index (χ1n) is 7.78. The van der Waals surface area contributed by atoms with Crippen LogP contribution in [-0.4, -0.2) is 29.1 Å². The molecule has 0 bridgehead atoms. The normalized spacial score (nSPS) is 10.6. The topological polar surface area (TPSA) is 91.6 Å². The number of carbonyl (C=O) groups is 1. The molecule has 0 spiro atoms. The number of ether oxygens (including phenoxy) is 2. The molecule has 130 valence electrons. The highest BCUT2D eigenvalue weighted by atomic mass is 16.6. The molecule has 0 saturated carbocycles. The van der Waals surface area contributed by atoms with Crippen LogP contribution in [0.3, 0.4) is 0 Å². The minimum atomic E-state index is -0.656. The first-order valence-corrected chi connectivity index (χ1v) is 7.78. The van der Waals surface area contributed by atoms with Gasteiger partial charge in [-0.1, -0.05) is 18.2 Å². The van der Waals surface area contributed by atoms with E-state index in [1.807, 2.05) is 31.2 Å². The molecule has 25 heavy (non-hydrogen) atoms. The number of rotatable bonds is 7. The monoisotopic (exact) mass is 342 g/mol. The van der Waals surface area contributed by atoms with E-state index in [9.17, 15) is 14.9 Å². The van der Waals surface area contributed by atoms with E-state index in [0.717, 1.165) is 11.8 Å². The van der Waals surface area contributed by atoms with Gasteiger partial charge in [0.15, 0.2) is 0 Å². The number of esters is 1. The maximum Gasteiger partial charge on any atom is 0.340 e. The molecule has 0 unspecified atom stereocenters. The third-order valence-electron chi connectivity index (χ3n) is 3.25. The summed E-state index contributed by atoms with van der Waals surface area (Å²) in [6.45, 7) is 4.24. The molecule has 0 radical (unpaired) electrons. The highest BCUT2D eigenvalue weighted by Gasteiger charge is 2.17. The molecule has 2 aromatic rings. The molecule has 0 aliphatic heterocycles. The Hall–Kier alpha value is -3.22. The van der Waals surface area contributed by atoms with Gasteiger partial charge in [-0.05, 0) is 32.1 Å². The number of hydrogen-bond donors (Lipinski definition) is 0. The number of carbonyl (C=O) groups excluding carboxylic acids is 1. The van der Waals surface area contributed by atoms with E-state index in [-0.39, 0.29) is 23.6 Å². The van der Waals surface area contributed by atoms with Gasteiger partial charge in [0.2, 0.25) is 0 Å². The number of pyridine rings is 1.